The van der Waals surface area contributed by atoms with Crippen molar-refractivity contribution in [3.8, 4) is 0 Å². The monoisotopic (exact) mass is 973 g/mol. The molecule has 392 valence electrons. The highest BCUT2D eigenvalue weighted by Crippen LogP contribution is 2.26. The van der Waals surface area contributed by atoms with Crippen LogP contribution >= 0.6 is 0 Å². The zero-order chi connectivity index (χ0) is 50.2. The molecule has 0 aliphatic carbocycles. The molecule has 11 unspecified atom stereocenters. The number of aliphatic hydroxyl groups excluding tert-OH is 7. The lowest BCUT2D eigenvalue weighted by Crippen LogP contribution is -2.61. The molecule has 0 aromatic heterocycles. The molecule has 2 heterocycles. The van der Waals surface area contributed by atoms with Gasteiger partial charge in [0, 0.05) is 13.0 Å². The minimum Gasteiger partial charge on any atom is -0.457 e. The lowest BCUT2D eigenvalue weighted by molar-refractivity contribution is -0.332. The number of hydrogen-bond donors (Lipinski definition) is 7. The maximum atomic E-state index is 13.0. The molecule has 0 radical (unpaired) electrons. The third kappa shape index (κ3) is 28.9. The van der Waals surface area contributed by atoms with E-state index in [4.69, 9.17) is 28.4 Å². The highest BCUT2D eigenvalue weighted by atomic mass is 16.7. The summed E-state index contributed by atoms with van der Waals surface area (Å²) in [6.45, 7) is 3.24. The number of rotatable bonds is 38. The highest BCUT2D eigenvalue weighted by Gasteiger charge is 2.47. The first-order valence-electron chi connectivity index (χ1n) is 25.5. The van der Waals surface area contributed by atoms with E-state index in [0.717, 1.165) is 103 Å². The van der Waals surface area contributed by atoms with E-state index in [0.29, 0.717) is 13.0 Å². The summed E-state index contributed by atoms with van der Waals surface area (Å²) < 4.78 is 34.1. The van der Waals surface area contributed by atoms with Gasteiger partial charge in [0.05, 0.1) is 26.4 Å². The Hall–Kier alpha value is -3.35. The van der Waals surface area contributed by atoms with E-state index >= 15 is 0 Å². The van der Waals surface area contributed by atoms with Crippen molar-refractivity contribution in [2.45, 2.75) is 197 Å². The van der Waals surface area contributed by atoms with E-state index in [1.807, 2.05) is 0 Å². The Bertz CT molecular complexity index is 1550. The molecule has 2 aliphatic heterocycles. The van der Waals surface area contributed by atoms with E-state index in [1.54, 1.807) is 0 Å². The molecule has 2 saturated heterocycles. The van der Waals surface area contributed by atoms with E-state index in [1.165, 1.54) is 0 Å². The van der Waals surface area contributed by atoms with Crippen molar-refractivity contribution in [1.29, 1.82) is 0 Å². The fourth-order valence-electron chi connectivity index (χ4n) is 7.20. The maximum absolute atomic E-state index is 13.0. The van der Waals surface area contributed by atoms with E-state index < -0.39 is 86.7 Å². The molecule has 11 atom stereocenters. The lowest BCUT2D eigenvalue weighted by atomic mass is 9.98. The van der Waals surface area contributed by atoms with E-state index in [2.05, 4.69) is 123 Å². The number of unbranched alkanes of at least 4 members (excludes halogenated alkanes) is 6. The van der Waals surface area contributed by atoms with Crippen LogP contribution in [-0.2, 0) is 33.2 Å². The summed E-state index contributed by atoms with van der Waals surface area (Å²) in [6.07, 6.45) is 38.8. The van der Waals surface area contributed by atoms with Crippen LogP contribution in [0.4, 0.5) is 0 Å². The van der Waals surface area contributed by atoms with Crippen molar-refractivity contribution >= 4 is 5.97 Å². The Balaban J connectivity index is 1.80. The van der Waals surface area contributed by atoms with Crippen molar-refractivity contribution in [2.75, 3.05) is 33.0 Å². The molecule has 0 saturated carbocycles. The van der Waals surface area contributed by atoms with Crippen LogP contribution in [0.15, 0.2) is 109 Å². The average Bonchev–Trinajstić information content (AvgIpc) is 3.35. The first-order chi connectivity index (χ1) is 33.6. The van der Waals surface area contributed by atoms with E-state index in [9.17, 15) is 40.5 Å². The second kappa shape index (κ2) is 41.3. The van der Waals surface area contributed by atoms with Crippen LogP contribution in [0.1, 0.15) is 129 Å². The van der Waals surface area contributed by atoms with Gasteiger partial charge >= 0.3 is 5.97 Å². The summed E-state index contributed by atoms with van der Waals surface area (Å²) in [5.41, 5.74) is 0. The lowest BCUT2D eigenvalue weighted by Gasteiger charge is -2.42. The summed E-state index contributed by atoms with van der Waals surface area (Å²) in [5, 5.41) is 72.1. The molecule has 0 amide bonds. The van der Waals surface area contributed by atoms with Gasteiger partial charge in [0.15, 0.2) is 12.6 Å². The molecule has 14 nitrogen and oxygen atoms in total. The number of esters is 1. The van der Waals surface area contributed by atoms with Crippen LogP contribution in [0.5, 0.6) is 0 Å². The SMILES string of the molecule is CC/C=C\C/C=C\C/C=C\C/C=C\C/C=C\CCCCCCCC(=O)OC(COCCC/C=C\C/C=C\C/C=C\C/C=C\CC)COC1OC(COC2OC(CO)C(O)C(O)C2O)C(O)C(O)C1O. The molecule has 0 aromatic rings. The number of carbonyl (C=O) groups is 1. The minimum absolute atomic E-state index is 0.00733. The number of carbonyl (C=O) groups excluding carboxylic acids is 1. The van der Waals surface area contributed by atoms with Crippen molar-refractivity contribution in [3.05, 3.63) is 109 Å². The van der Waals surface area contributed by atoms with Crippen LogP contribution in [0.3, 0.4) is 0 Å². The van der Waals surface area contributed by atoms with Gasteiger partial charge in [0.25, 0.3) is 0 Å². The first-order valence-corrected chi connectivity index (χ1v) is 25.5. The molecule has 2 rings (SSSR count). The zero-order valence-electron chi connectivity index (χ0n) is 41.5. The van der Waals surface area contributed by atoms with Gasteiger partial charge in [-0.25, -0.2) is 0 Å². The van der Waals surface area contributed by atoms with Gasteiger partial charge in [0.1, 0.15) is 54.9 Å². The van der Waals surface area contributed by atoms with Crippen LogP contribution in [0.25, 0.3) is 0 Å². The Kier molecular flexibility index (Phi) is 37.0. The Labute approximate surface area is 413 Å². The second-order valence-corrected chi connectivity index (χ2v) is 17.2. The van der Waals surface area contributed by atoms with Gasteiger partial charge in [-0.3, -0.25) is 4.79 Å². The van der Waals surface area contributed by atoms with Crippen molar-refractivity contribution < 1.29 is 69.0 Å². The predicted molar refractivity (Wildman–Crippen MR) is 270 cm³/mol. The second-order valence-electron chi connectivity index (χ2n) is 17.2. The molecule has 0 bridgehead atoms. The number of hydrogen-bond acceptors (Lipinski definition) is 14. The largest absolute Gasteiger partial charge is 0.457 e. The Morgan fingerprint density at radius 2 is 0.899 bits per heavy atom. The fourth-order valence-corrected chi connectivity index (χ4v) is 7.20. The average molecular weight is 973 g/mol. The van der Waals surface area contributed by atoms with E-state index in [-0.39, 0.29) is 19.6 Å². The van der Waals surface area contributed by atoms with Gasteiger partial charge in [-0.05, 0) is 89.9 Å². The molecular weight excluding hydrogens is 885 g/mol. The van der Waals surface area contributed by atoms with Crippen molar-refractivity contribution in [3.63, 3.8) is 0 Å². The molecular formula is C55H88O14. The number of allylic oxidation sites excluding steroid dienone is 18. The van der Waals surface area contributed by atoms with Crippen LogP contribution < -0.4 is 0 Å². The predicted octanol–water partition coefficient (Wildman–Crippen LogP) is 7.62. The van der Waals surface area contributed by atoms with Gasteiger partial charge in [-0.15, -0.1) is 0 Å². The van der Waals surface area contributed by atoms with Crippen molar-refractivity contribution in [2.24, 2.45) is 0 Å². The quantitative estimate of drug-likeness (QED) is 0.0180. The standard InChI is InChI=1S/C55H88O14/c1-3-5-7-9-11-13-15-17-19-20-21-22-23-24-25-26-28-30-32-34-36-38-47(57)67-44(41-64-39-37-35-33-31-29-27-18-16-14-12-10-8-6-4-2)42-65-54-53(63)51(61)49(59)46(69-54)43-66-55-52(62)50(60)48(58)45(40-56)68-55/h5-8,11-14,17-19,21-22,24-25,27,31,33,44-46,48-56,58-63H,3-4,9-10,15-16,20,23,26,28-30,32,34-43H2,1-2H3/b7-5-,8-6-,13-11-,14-12-,19-17-,22-21-,25-24-,27-18-,33-31-. The number of ether oxygens (including phenoxy) is 6. The molecule has 14 heteroatoms. The Morgan fingerprint density at radius 1 is 0.478 bits per heavy atom. The third-order valence-corrected chi connectivity index (χ3v) is 11.3. The first kappa shape index (κ1) is 61.8. The summed E-state index contributed by atoms with van der Waals surface area (Å²) in [4.78, 5) is 13.0. The van der Waals surface area contributed by atoms with Gasteiger partial charge in [-0.2, -0.15) is 0 Å². The smallest absolute Gasteiger partial charge is 0.306 e. The Morgan fingerprint density at radius 3 is 1.41 bits per heavy atom. The molecule has 2 fully saturated rings. The van der Waals surface area contributed by atoms with Gasteiger partial charge in [0.2, 0.25) is 0 Å². The normalized spacial score (nSPS) is 26.6. The highest BCUT2D eigenvalue weighted by molar-refractivity contribution is 5.69. The van der Waals surface area contributed by atoms with Crippen LogP contribution in [-0.4, -0.2) is 142 Å². The molecule has 2 aliphatic rings. The minimum atomic E-state index is -1.73. The summed E-state index contributed by atoms with van der Waals surface area (Å²) in [5.74, 6) is -0.419. The molecule has 0 spiro atoms. The van der Waals surface area contributed by atoms with Gasteiger partial charge < -0.3 is 64.2 Å². The maximum Gasteiger partial charge on any atom is 0.306 e. The molecule has 69 heavy (non-hydrogen) atoms. The number of aliphatic hydroxyl groups is 7. The summed E-state index contributed by atoms with van der Waals surface area (Å²) in [7, 11) is 0. The van der Waals surface area contributed by atoms with Crippen LogP contribution in [0, 0.1) is 0 Å². The summed E-state index contributed by atoms with van der Waals surface area (Å²) >= 11 is 0. The topological polar surface area (TPSA) is 214 Å². The fraction of sp³-hybridized carbons (Fsp3) is 0.655. The van der Waals surface area contributed by atoms with Crippen molar-refractivity contribution in [1.82, 2.24) is 0 Å². The van der Waals surface area contributed by atoms with Gasteiger partial charge in [-0.1, -0.05) is 142 Å². The summed E-state index contributed by atoms with van der Waals surface area (Å²) in [6, 6.07) is 0. The molecule has 7 N–H and O–H groups in total. The molecule has 0 aromatic carbocycles. The van der Waals surface area contributed by atoms with Crippen LogP contribution in [0.2, 0.25) is 0 Å². The third-order valence-electron chi connectivity index (χ3n) is 11.3. The zero-order valence-corrected chi connectivity index (χ0v) is 41.5.